The molecular weight excluding hydrogens is 306 g/mol. The van der Waals surface area contributed by atoms with Crippen LogP contribution in [0.5, 0.6) is 0 Å². The summed E-state index contributed by atoms with van der Waals surface area (Å²) in [6, 6.07) is 12.6. The quantitative estimate of drug-likeness (QED) is 0.532. The molecule has 1 aromatic carbocycles. The molecule has 1 heterocycles. The van der Waals surface area contributed by atoms with Crippen molar-refractivity contribution in [1.82, 2.24) is 10.3 Å². The van der Waals surface area contributed by atoms with Crippen molar-refractivity contribution >= 4 is 17.6 Å². The smallest absolute Gasteiger partial charge is 0.102 e. The molecule has 2 aromatic rings. The van der Waals surface area contributed by atoms with Crippen molar-refractivity contribution in [2.24, 2.45) is 10.9 Å². The highest BCUT2D eigenvalue weighted by atomic mass is 15.0. The molecule has 0 aliphatic heterocycles. The summed E-state index contributed by atoms with van der Waals surface area (Å²) in [4.78, 5) is 9.35. The summed E-state index contributed by atoms with van der Waals surface area (Å²) in [5.74, 6) is 1.56. The second-order valence-electron chi connectivity index (χ2n) is 6.40. The minimum atomic E-state index is 0.556. The van der Waals surface area contributed by atoms with E-state index in [1.54, 1.807) is 0 Å². The van der Waals surface area contributed by atoms with Crippen molar-refractivity contribution in [3.8, 4) is 0 Å². The van der Waals surface area contributed by atoms with Gasteiger partial charge in [0.15, 0.2) is 0 Å². The molecule has 0 spiro atoms. The van der Waals surface area contributed by atoms with Crippen LogP contribution in [-0.2, 0) is 12.8 Å². The molecule has 0 fully saturated rings. The van der Waals surface area contributed by atoms with Gasteiger partial charge in [0.1, 0.15) is 5.84 Å². The van der Waals surface area contributed by atoms with Crippen molar-refractivity contribution in [3.63, 3.8) is 0 Å². The number of hydrogen-bond acceptors (Lipinski definition) is 2. The molecule has 25 heavy (non-hydrogen) atoms. The number of amidine groups is 1. The van der Waals surface area contributed by atoms with Crippen molar-refractivity contribution < 1.29 is 0 Å². The van der Waals surface area contributed by atoms with Gasteiger partial charge in [0.2, 0.25) is 0 Å². The van der Waals surface area contributed by atoms with Gasteiger partial charge < -0.3 is 5.32 Å². The average Bonchev–Trinajstić information content (AvgIpc) is 2.66. The normalized spacial score (nSPS) is 12.7. The summed E-state index contributed by atoms with van der Waals surface area (Å²) >= 11 is 0. The standard InChI is InChI=1S/C22H29N3/c1-5-19-14-15-24-20(6-2)22(19)25-21(23-4)16-17(3)12-13-18-10-8-7-9-11-18/h5,7-11,14-15,17H,1,6,12-13,16H2,2-4H3,(H,23,25). The summed E-state index contributed by atoms with van der Waals surface area (Å²) < 4.78 is 0. The Balaban J connectivity index is 2.09. The highest BCUT2D eigenvalue weighted by molar-refractivity contribution is 5.86. The molecule has 3 nitrogen and oxygen atoms in total. The Morgan fingerprint density at radius 2 is 2.04 bits per heavy atom. The van der Waals surface area contributed by atoms with E-state index in [0.29, 0.717) is 5.92 Å². The first-order chi connectivity index (χ1) is 12.2. The molecule has 0 aliphatic carbocycles. The van der Waals surface area contributed by atoms with Crippen LogP contribution in [0.25, 0.3) is 6.08 Å². The molecule has 1 N–H and O–H groups in total. The van der Waals surface area contributed by atoms with Gasteiger partial charge in [-0.15, -0.1) is 0 Å². The maximum Gasteiger partial charge on any atom is 0.102 e. The number of aromatic nitrogens is 1. The highest BCUT2D eigenvalue weighted by Gasteiger charge is 2.10. The summed E-state index contributed by atoms with van der Waals surface area (Å²) in [5, 5.41) is 3.27. The first kappa shape index (κ1) is 18.9. The molecule has 0 aliphatic rings. The Hall–Kier alpha value is -2.42. The third kappa shape index (κ3) is 5.56. The number of hydrogen-bond donors (Lipinski definition) is 1. The number of nitrogens with zero attached hydrogens (tertiary/aromatic N) is 2. The van der Waals surface area contributed by atoms with Crippen molar-refractivity contribution in [3.05, 3.63) is 66.0 Å². The molecule has 132 valence electrons. The molecule has 2 rings (SSSR count). The van der Waals surface area contributed by atoms with Crippen molar-refractivity contribution in [2.75, 3.05) is 7.05 Å². The molecule has 0 saturated heterocycles. The predicted octanol–water partition coefficient (Wildman–Crippen LogP) is 5.20. The first-order valence-corrected chi connectivity index (χ1v) is 9.07. The number of nitrogens with one attached hydrogen (secondary N) is 1. The largest absolute Gasteiger partial charge is 0.377 e. The van der Waals surface area contributed by atoms with Gasteiger partial charge in [-0.25, -0.2) is 4.99 Å². The van der Waals surface area contributed by atoms with E-state index in [1.807, 2.05) is 25.4 Å². The lowest BCUT2D eigenvalue weighted by molar-refractivity contribution is 0.549. The van der Waals surface area contributed by atoms with E-state index in [2.05, 4.69) is 61.1 Å². The lowest BCUT2D eigenvalue weighted by Crippen LogP contribution is -2.21. The van der Waals surface area contributed by atoms with Crippen LogP contribution in [0.15, 0.2) is 54.2 Å². The van der Waals surface area contributed by atoms with E-state index >= 15 is 0 Å². The van der Waals surface area contributed by atoms with Gasteiger partial charge in [0.25, 0.3) is 0 Å². The van der Waals surface area contributed by atoms with Crippen LogP contribution < -0.4 is 5.32 Å². The summed E-state index contributed by atoms with van der Waals surface area (Å²) in [5.41, 5.74) is 4.39. The minimum Gasteiger partial charge on any atom is -0.377 e. The Kier molecular flexibility index (Phi) is 7.39. The lowest BCUT2D eigenvalue weighted by Gasteiger charge is -2.15. The zero-order chi connectivity index (χ0) is 18.1. The molecular formula is C22H29N3. The SMILES string of the molecule is C=Cc1ccnc(CC)c1/N=C(/CC(C)CCc1ccccc1)NC. The molecule has 0 bridgehead atoms. The van der Waals surface area contributed by atoms with E-state index in [0.717, 1.165) is 48.5 Å². The molecule has 0 amide bonds. The number of benzene rings is 1. The van der Waals surface area contributed by atoms with Gasteiger partial charge in [-0.1, -0.05) is 56.8 Å². The van der Waals surface area contributed by atoms with Crippen LogP contribution >= 0.6 is 0 Å². The van der Waals surface area contributed by atoms with E-state index in [4.69, 9.17) is 4.99 Å². The monoisotopic (exact) mass is 335 g/mol. The van der Waals surface area contributed by atoms with E-state index in [-0.39, 0.29) is 0 Å². The summed E-state index contributed by atoms with van der Waals surface area (Å²) in [7, 11) is 1.94. The van der Waals surface area contributed by atoms with Crippen LogP contribution in [0, 0.1) is 5.92 Å². The Labute approximate surface area is 151 Å². The highest BCUT2D eigenvalue weighted by Crippen LogP contribution is 2.25. The van der Waals surface area contributed by atoms with Gasteiger partial charge in [0.05, 0.1) is 11.4 Å². The van der Waals surface area contributed by atoms with Crippen LogP contribution in [0.4, 0.5) is 5.69 Å². The van der Waals surface area contributed by atoms with Gasteiger partial charge >= 0.3 is 0 Å². The number of aliphatic imine (C=N–C) groups is 1. The van der Waals surface area contributed by atoms with Gasteiger partial charge in [0, 0.05) is 25.2 Å². The number of pyridine rings is 1. The lowest BCUT2D eigenvalue weighted by atomic mass is 9.97. The topological polar surface area (TPSA) is 37.3 Å². The third-order valence-electron chi connectivity index (χ3n) is 4.43. The summed E-state index contributed by atoms with van der Waals surface area (Å²) in [6.45, 7) is 8.30. The molecule has 1 aromatic heterocycles. The maximum absolute atomic E-state index is 4.89. The Morgan fingerprint density at radius 1 is 1.28 bits per heavy atom. The first-order valence-electron chi connectivity index (χ1n) is 9.07. The second kappa shape index (κ2) is 9.77. The van der Waals surface area contributed by atoms with Crippen LogP contribution in [-0.4, -0.2) is 17.9 Å². The minimum absolute atomic E-state index is 0.556. The third-order valence-corrected chi connectivity index (χ3v) is 4.43. The maximum atomic E-state index is 4.89. The fourth-order valence-corrected chi connectivity index (χ4v) is 2.90. The number of rotatable bonds is 8. The van der Waals surface area contributed by atoms with Crippen LogP contribution in [0.3, 0.4) is 0 Å². The fraction of sp³-hybridized carbons (Fsp3) is 0.364. The fourth-order valence-electron chi connectivity index (χ4n) is 2.90. The molecule has 3 heteroatoms. The molecule has 0 radical (unpaired) electrons. The van der Waals surface area contributed by atoms with E-state index in [1.165, 1.54) is 5.56 Å². The number of aryl methyl sites for hydroxylation is 2. The van der Waals surface area contributed by atoms with Crippen molar-refractivity contribution in [1.29, 1.82) is 0 Å². The second-order valence-corrected chi connectivity index (χ2v) is 6.40. The average molecular weight is 335 g/mol. The summed E-state index contributed by atoms with van der Waals surface area (Å²) in [6.07, 6.45) is 7.72. The van der Waals surface area contributed by atoms with Gasteiger partial charge in [-0.05, 0) is 36.8 Å². The Morgan fingerprint density at radius 3 is 2.68 bits per heavy atom. The van der Waals surface area contributed by atoms with E-state index < -0.39 is 0 Å². The van der Waals surface area contributed by atoms with Crippen molar-refractivity contribution in [2.45, 2.75) is 39.5 Å². The zero-order valence-corrected chi connectivity index (χ0v) is 15.6. The molecule has 1 unspecified atom stereocenters. The molecule has 0 saturated carbocycles. The van der Waals surface area contributed by atoms with E-state index in [9.17, 15) is 0 Å². The zero-order valence-electron chi connectivity index (χ0n) is 15.6. The Bertz CT molecular complexity index is 704. The van der Waals surface area contributed by atoms with Gasteiger partial charge in [-0.3, -0.25) is 4.98 Å². The van der Waals surface area contributed by atoms with Crippen LogP contribution in [0.1, 0.15) is 43.5 Å². The molecule has 1 atom stereocenters. The van der Waals surface area contributed by atoms with Gasteiger partial charge in [-0.2, -0.15) is 0 Å². The van der Waals surface area contributed by atoms with Crippen LogP contribution in [0.2, 0.25) is 0 Å². The predicted molar refractivity (Wildman–Crippen MR) is 108 cm³/mol.